The minimum atomic E-state index is -0.793. The van der Waals surface area contributed by atoms with Crippen LogP contribution in [0.1, 0.15) is 99.2 Å². The molecule has 2 aromatic rings. The third kappa shape index (κ3) is 6.64. The van der Waals surface area contributed by atoms with E-state index in [9.17, 15) is 30.0 Å². The van der Waals surface area contributed by atoms with Crippen LogP contribution in [0.5, 0.6) is 23.0 Å². The summed E-state index contributed by atoms with van der Waals surface area (Å²) in [5, 5.41) is 44.0. The van der Waals surface area contributed by atoms with E-state index in [2.05, 4.69) is 6.08 Å². The summed E-state index contributed by atoms with van der Waals surface area (Å²) in [6.07, 6.45) is 6.23. The molecule has 0 aliphatic carbocycles. The predicted octanol–water partition coefficient (Wildman–Crippen LogP) is 6.39. The highest BCUT2D eigenvalue weighted by Gasteiger charge is 2.30. The minimum Gasteiger partial charge on any atom is -0.507 e. The van der Waals surface area contributed by atoms with Gasteiger partial charge in [-0.3, -0.25) is 4.79 Å². The maximum Gasteiger partial charge on any atom is 0.343 e. The minimum absolute atomic E-state index is 0.0757. The Hall–Kier alpha value is -3.48. The number of Topliss-reactive ketones (excluding diaryl/α,β-unsaturated/α-hetero) is 1. The topological polar surface area (TPSA) is 128 Å². The summed E-state index contributed by atoms with van der Waals surface area (Å²) in [5.74, 6) is -2.43. The van der Waals surface area contributed by atoms with Crippen molar-refractivity contribution in [2.45, 2.75) is 87.0 Å². The van der Waals surface area contributed by atoms with Crippen LogP contribution in [0.4, 0.5) is 0 Å². The molecular weight excluding hydrogens is 472 g/mol. The molecule has 202 valence electrons. The molecule has 0 aliphatic rings. The van der Waals surface area contributed by atoms with E-state index in [1.807, 2.05) is 33.8 Å². The van der Waals surface area contributed by atoms with Crippen LogP contribution in [0.15, 0.2) is 32.5 Å². The normalized spacial score (nSPS) is 12.5. The first-order valence-electron chi connectivity index (χ1n) is 12.8. The van der Waals surface area contributed by atoms with Crippen LogP contribution in [0.3, 0.4) is 0 Å². The number of allylic oxidation sites excluding steroid dienone is 4. The monoisotopic (exact) mass is 512 g/mol. The van der Waals surface area contributed by atoms with Gasteiger partial charge in [0.1, 0.15) is 34.3 Å². The molecule has 0 spiro atoms. The van der Waals surface area contributed by atoms with E-state index >= 15 is 0 Å². The summed E-state index contributed by atoms with van der Waals surface area (Å²) in [4.78, 5) is 25.8. The summed E-state index contributed by atoms with van der Waals surface area (Å²) < 4.78 is 5.33. The molecule has 37 heavy (non-hydrogen) atoms. The fourth-order valence-electron chi connectivity index (χ4n) is 4.19. The molecular formula is C30H40O7. The Morgan fingerprint density at radius 2 is 1.54 bits per heavy atom. The average molecular weight is 513 g/mol. The number of carbonyl (C=O) groups excluding carboxylic acids is 1. The zero-order valence-corrected chi connectivity index (χ0v) is 23.0. The lowest BCUT2D eigenvalue weighted by Crippen LogP contribution is -2.15. The molecule has 0 radical (unpaired) electrons. The van der Waals surface area contributed by atoms with E-state index in [1.54, 1.807) is 20.8 Å². The Morgan fingerprint density at radius 3 is 2.11 bits per heavy atom. The zero-order chi connectivity index (χ0) is 28.0. The number of rotatable bonds is 11. The van der Waals surface area contributed by atoms with Crippen molar-refractivity contribution in [1.29, 1.82) is 0 Å². The third-order valence-electron chi connectivity index (χ3n) is 6.87. The molecule has 2 rings (SSSR count). The van der Waals surface area contributed by atoms with Crippen molar-refractivity contribution in [2.75, 3.05) is 0 Å². The second-order valence-electron chi connectivity index (χ2n) is 9.92. The molecule has 4 N–H and O–H groups in total. The van der Waals surface area contributed by atoms with Gasteiger partial charge in [0.2, 0.25) is 0 Å². The summed E-state index contributed by atoms with van der Waals surface area (Å²) in [6, 6.07) is 0. The van der Waals surface area contributed by atoms with Crippen molar-refractivity contribution in [3.05, 3.63) is 67.3 Å². The van der Waals surface area contributed by atoms with Crippen molar-refractivity contribution in [3.63, 3.8) is 0 Å². The maximum atomic E-state index is 13.1. The van der Waals surface area contributed by atoms with Crippen LogP contribution in [0.25, 0.3) is 0 Å². The molecule has 0 saturated carbocycles. The second-order valence-corrected chi connectivity index (χ2v) is 9.92. The van der Waals surface area contributed by atoms with Crippen LogP contribution in [-0.4, -0.2) is 26.2 Å². The van der Waals surface area contributed by atoms with Gasteiger partial charge in [0, 0.05) is 35.4 Å². The van der Waals surface area contributed by atoms with Gasteiger partial charge in [-0.05, 0) is 53.4 Å². The summed E-state index contributed by atoms with van der Waals surface area (Å²) >= 11 is 0. The molecule has 1 heterocycles. The Bertz CT molecular complexity index is 1270. The smallest absolute Gasteiger partial charge is 0.343 e. The lowest BCUT2D eigenvalue weighted by Gasteiger charge is -2.19. The van der Waals surface area contributed by atoms with E-state index in [4.69, 9.17) is 4.42 Å². The Kier molecular flexibility index (Phi) is 10.2. The average Bonchev–Trinajstić information content (AvgIpc) is 2.84. The van der Waals surface area contributed by atoms with Crippen LogP contribution < -0.4 is 5.63 Å². The highest BCUT2D eigenvalue weighted by Crippen LogP contribution is 2.45. The Morgan fingerprint density at radius 1 is 0.919 bits per heavy atom. The molecule has 1 unspecified atom stereocenters. The van der Waals surface area contributed by atoms with E-state index < -0.39 is 34.6 Å². The van der Waals surface area contributed by atoms with Gasteiger partial charge in [-0.25, -0.2) is 4.79 Å². The van der Waals surface area contributed by atoms with Crippen LogP contribution in [0.2, 0.25) is 0 Å². The SMILES string of the molecule is CCc1oc(=O)c(Cc2c(O)c(CC=C(C)CCC=C(C)C)c(O)c(C(=O)C(C)CC)c2O)c(O)c1C. The molecule has 0 fully saturated rings. The molecule has 0 saturated heterocycles. The number of benzene rings is 1. The van der Waals surface area contributed by atoms with Crippen LogP contribution >= 0.6 is 0 Å². The van der Waals surface area contributed by atoms with E-state index in [0.29, 0.717) is 24.2 Å². The molecule has 7 heteroatoms. The summed E-state index contributed by atoms with van der Waals surface area (Å²) in [5.41, 5.74) is 1.36. The molecule has 0 bridgehead atoms. The number of phenols is 3. The highest BCUT2D eigenvalue weighted by molar-refractivity contribution is 6.03. The van der Waals surface area contributed by atoms with E-state index in [0.717, 1.165) is 18.4 Å². The van der Waals surface area contributed by atoms with Crippen molar-refractivity contribution >= 4 is 5.78 Å². The van der Waals surface area contributed by atoms with Crippen LogP contribution in [0, 0.1) is 12.8 Å². The van der Waals surface area contributed by atoms with Crippen molar-refractivity contribution in [3.8, 4) is 23.0 Å². The molecule has 0 amide bonds. The first-order valence-corrected chi connectivity index (χ1v) is 12.8. The fraction of sp³-hybridized carbons (Fsp3) is 0.467. The number of hydrogen-bond donors (Lipinski definition) is 4. The maximum absolute atomic E-state index is 13.1. The van der Waals surface area contributed by atoms with Crippen molar-refractivity contribution < 1.29 is 29.6 Å². The van der Waals surface area contributed by atoms with Gasteiger partial charge in [0.25, 0.3) is 0 Å². The van der Waals surface area contributed by atoms with Gasteiger partial charge in [0.15, 0.2) is 5.78 Å². The third-order valence-corrected chi connectivity index (χ3v) is 6.87. The van der Waals surface area contributed by atoms with Crippen molar-refractivity contribution in [1.82, 2.24) is 0 Å². The lowest BCUT2D eigenvalue weighted by molar-refractivity contribution is 0.0921. The number of aryl methyl sites for hydroxylation is 1. The number of ketones is 1. The summed E-state index contributed by atoms with van der Waals surface area (Å²) in [7, 11) is 0. The van der Waals surface area contributed by atoms with E-state index in [-0.39, 0.29) is 40.8 Å². The molecule has 7 nitrogen and oxygen atoms in total. The largest absolute Gasteiger partial charge is 0.507 e. The van der Waals surface area contributed by atoms with Gasteiger partial charge in [0.05, 0.1) is 5.56 Å². The number of carbonyl (C=O) groups is 1. The van der Waals surface area contributed by atoms with Crippen molar-refractivity contribution in [2.24, 2.45) is 5.92 Å². The molecule has 0 aliphatic heterocycles. The quantitative estimate of drug-likeness (QED) is 0.203. The lowest BCUT2D eigenvalue weighted by atomic mass is 9.88. The highest BCUT2D eigenvalue weighted by atomic mass is 16.4. The molecule has 1 atom stereocenters. The van der Waals surface area contributed by atoms with Gasteiger partial charge in [-0.15, -0.1) is 0 Å². The number of hydrogen-bond acceptors (Lipinski definition) is 7. The number of phenolic OH excluding ortho intramolecular Hbond substituents is 3. The summed E-state index contributed by atoms with van der Waals surface area (Å²) in [6.45, 7) is 12.9. The predicted molar refractivity (Wildman–Crippen MR) is 145 cm³/mol. The van der Waals surface area contributed by atoms with Crippen LogP contribution in [-0.2, 0) is 19.3 Å². The Balaban J connectivity index is 2.69. The van der Waals surface area contributed by atoms with Gasteiger partial charge in [-0.2, -0.15) is 0 Å². The second kappa shape index (κ2) is 12.7. The molecule has 1 aromatic carbocycles. The van der Waals surface area contributed by atoms with Gasteiger partial charge in [-0.1, -0.05) is 44.1 Å². The van der Waals surface area contributed by atoms with Gasteiger partial charge >= 0.3 is 5.63 Å². The molecule has 1 aromatic heterocycles. The zero-order valence-electron chi connectivity index (χ0n) is 23.0. The van der Waals surface area contributed by atoms with Gasteiger partial charge < -0.3 is 24.8 Å². The first-order chi connectivity index (χ1) is 17.3. The van der Waals surface area contributed by atoms with E-state index in [1.165, 1.54) is 5.57 Å². The first kappa shape index (κ1) is 29.7. The Labute approximate surface area is 218 Å². The standard InChI is InChI=1S/C30H40O7/c1-8-18(6)25(31)24-28(34)20(14-13-17(5)12-10-11-16(3)4)27(33)21(29(24)35)15-22-26(32)19(7)23(9-2)37-30(22)36/h11,13,18,32-35H,8-10,12,14-15H2,1-7H3. The fourth-order valence-corrected chi connectivity index (χ4v) is 4.19. The number of aromatic hydroxyl groups is 4.